The minimum absolute atomic E-state index is 0.0951. The van der Waals surface area contributed by atoms with Crippen molar-refractivity contribution in [3.8, 4) is 0 Å². The summed E-state index contributed by atoms with van der Waals surface area (Å²) in [5.74, 6) is -4.10. The summed E-state index contributed by atoms with van der Waals surface area (Å²) in [6.07, 6.45) is 9.52. The number of nitrogens with one attached hydrogen (secondary N) is 1. The van der Waals surface area contributed by atoms with E-state index >= 15 is 0 Å². The first-order valence-electron chi connectivity index (χ1n) is 11.1. The molecule has 0 aromatic rings. The summed E-state index contributed by atoms with van der Waals surface area (Å²) in [7, 11) is 0. The molecule has 2 N–H and O–H groups in total. The fraction of sp³-hybridized carbons (Fsp3) is 0.583. The Balaban J connectivity index is 2.03. The van der Waals surface area contributed by atoms with E-state index in [9.17, 15) is 24.3 Å². The topological polar surface area (TPSA) is 119 Å². The Hall–Kier alpha value is -2.58. The van der Waals surface area contributed by atoms with Crippen molar-refractivity contribution in [2.45, 2.75) is 77.4 Å². The van der Waals surface area contributed by atoms with Crippen LogP contribution in [0, 0.1) is 11.8 Å². The van der Waals surface area contributed by atoms with Crippen LogP contribution in [0.2, 0.25) is 0 Å². The van der Waals surface area contributed by atoms with Gasteiger partial charge in [0.1, 0.15) is 12.1 Å². The van der Waals surface area contributed by atoms with Crippen molar-refractivity contribution in [3.05, 3.63) is 36.5 Å². The van der Waals surface area contributed by atoms with Gasteiger partial charge in [-0.05, 0) is 6.42 Å². The quantitative estimate of drug-likeness (QED) is 0.253. The largest absolute Gasteiger partial charge is 0.459 e. The summed E-state index contributed by atoms with van der Waals surface area (Å²) in [4.78, 5) is 47.6. The van der Waals surface area contributed by atoms with E-state index in [0.717, 1.165) is 18.6 Å². The summed E-state index contributed by atoms with van der Waals surface area (Å²) in [5.41, 5.74) is 0. The summed E-state index contributed by atoms with van der Waals surface area (Å²) >= 11 is 0. The van der Waals surface area contributed by atoms with Crippen LogP contribution in [0.4, 0.5) is 0 Å². The number of esters is 1. The van der Waals surface area contributed by atoms with Gasteiger partial charge in [-0.15, -0.1) is 0 Å². The molecule has 1 saturated heterocycles. The molecule has 0 radical (unpaired) electrons. The van der Waals surface area contributed by atoms with Gasteiger partial charge in [0.05, 0.1) is 6.10 Å². The highest BCUT2D eigenvalue weighted by atomic mass is 16.6. The molecule has 32 heavy (non-hydrogen) atoms. The van der Waals surface area contributed by atoms with Crippen LogP contribution in [0.5, 0.6) is 0 Å². The highest BCUT2D eigenvalue weighted by Gasteiger charge is 2.47. The third-order valence-corrected chi connectivity index (χ3v) is 5.81. The van der Waals surface area contributed by atoms with Gasteiger partial charge in [0.25, 0.3) is 0 Å². The van der Waals surface area contributed by atoms with Crippen molar-refractivity contribution >= 4 is 23.4 Å². The maximum atomic E-state index is 12.3. The lowest BCUT2D eigenvalue weighted by Crippen LogP contribution is -2.54. The Labute approximate surface area is 188 Å². The molecule has 0 unspecified atom stereocenters. The number of carbonyl (C=O) groups is 4. The number of aliphatic hydroxyl groups is 1. The summed E-state index contributed by atoms with van der Waals surface area (Å²) in [6.45, 7) is 7.53. The molecule has 0 bridgehead atoms. The van der Waals surface area contributed by atoms with Gasteiger partial charge in [0.15, 0.2) is 17.4 Å². The number of allylic oxidation sites excluding steroid dienone is 3. The normalized spacial score (nSPS) is 29.6. The van der Waals surface area contributed by atoms with Crippen molar-refractivity contribution in [1.29, 1.82) is 0 Å². The molecule has 1 amide bonds. The van der Waals surface area contributed by atoms with Gasteiger partial charge in [-0.1, -0.05) is 52.0 Å². The number of ketones is 2. The molecule has 1 aliphatic carbocycles. The van der Waals surface area contributed by atoms with E-state index in [1.165, 1.54) is 0 Å². The lowest BCUT2D eigenvalue weighted by molar-refractivity contribution is -0.298. The number of amides is 1. The predicted molar refractivity (Wildman–Crippen MR) is 117 cm³/mol. The molecule has 0 aromatic carbocycles. The van der Waals surface area contributed by atoms with E-state index in [1.54, 1.807) is 0 Å². The van der Waals surface area contributed by atoms with Crippen LogP contribution < -0.4 is 5.32 Å². The monoisotopic (exact) mass is 447 g/mol. The molecule has 2 rings (SSSR count). The average Bonchev–Trinajstić information content (AvgIpc) is 3.04. The van der Waals surface area contributed by atoms with E-state index in [4.69, 9.17) is 9.47 Å². The average molecular weight is 448 g/mol. The van der Waals surface area contributed by atoms with Gasteiger partial charge in [-0.2, -0.15) is 0 Å². The number of rotatable bonds is 8. The van der Waals surface area contributed by atoms with Crippen molar-refractivity contribution in [2.75, 3.05) is 0 Å². The molecule has 176 valence electrons. The van der Waals surface area contributed by atoms with Gasteiger partial charge < -0.3 is 19.9 Å². The van der Waals surface area contributed by atoms with Crippen molar-refractivity contribution < 1.29 is 33.8 Å². The number of hydrogen-bond donors (Lipinski definition) is 2. The zero-order valence-corrected chi connectivity index (χ0v) is 19.1. The molecule has 1 saturated carbocycles. The van der Waals surface area contributed by atoms with E-state index in [0.29, 0.717) is 0 Å². The molecule has 0 spiro atoms. The lowest BCUT2D eigenvalue weighted by Gasteiger charge is -2.45. The molecular formula is C24H33NO7. The van der Waals surface area contributed by atoms with Crippen molar-refractivity contribution in [1.82, 2.24) is 5.32 Å². The Bertz CT molecular complexity index is 797. The minimum atomic E-state index is -1.47. The van der Waals surface area contributed by atoms with Crippen molar-refractivity contribution in [3.63, 3.8) is 0 Å². The summed E-state index contributed by atoms with van der Waals surface area (Å²) in [6, 6.07) is -1.14. The van der Waals surface area contributed by atoms with Crippen molar-refractivity contribution in [2.24, 2.45) is 11.8 Å². The minimum Gasteiger partial charge on any atom is -0.459 e. The highest BCUT2D eigenvalue weighted by molar-refractivity contribution is 6.14. The number of Topliss-reactive ketones (excluding diaryl/α,β-unsaturated/α-hetero) is 2. The molecule has 8 heteroatoms. The zero-order valence-electron chi connectivity index (χ0n) is 19.1. The number of carbonyl (C=O) groups excluding carboxylic acids is 4. The summed E-state index contributed by atoms with van der Waals surface area (Å²) < 4.78 is 11.5. The first-order chi connectivity index (χ1) is 15.1. The molecule has 1 heterocycles. The molecule has 2 fully saturated rings. The standard InChI is InChI=1S/C24H33NO7/c1-5-6-7-8-9-19-16(4)20(14-24(30,32-19)15(2)3)31-22(29)13-12-21(28)25-23-17(26)10-11-18(23)27/h6-9,12-13,15-16,19-20,23,30H,5,10-11,14H2,1-4H3,(H,25,28)/t16-,19-,20-,24-/m1/s1. The highest BCUT2D eigenvalue weighted by Crippen LogP contribution is 2.38. The fourth-order valence-corrected chi connectivity index (χ4v) is 3.60. The molecule has 0 aromatic heterocycles. The van der Waals surface area contributed by atoms with Crippen LogP contribution >= 0.6 is 0 Å². The Morgan fingerprint density at radius 2 is 1.88 bits per heavy atom. The first kappa shape index (κ1) is 25.7. The third kappa shape index (κ3) is 6.71. The van der Waals surface area contributed by atoms with Gasteiger partial charge in [0.2, 0.25) is 5.91 Å². The smallest absolute Gasteiger partial charge is 0.331 e. The van der Waals surface area contributed by atoms with Crippen LogP contribution in [-0.4, -0.2) is 52.6 Å². The van der Waals surface area contributed by atoms with Crippen LogP contribution in [0.15, 0.2) is 36.5 Å². The molecule has 8 nitrogen and oxygen atoms in total. The lowest BCUT2D eigenvalue weighted by atomic mass is 9.84. The second kappa shape index (κ2) is 11.3. The summed E-state index contributed by atoms with van der Waals surface area (Å²) in [5, 5.41) is 13.2. The maximum Gasteiger partial charge on any atom is 0.331 e. The van der Waals surface area contributed by atoms with E-state index in [2.05, 4.69) is 5.32 Å². The molecular weight excluding hydrogens is 414 g/mol. The van der Waals surface area contributed by atoms with Crippen LogP contribution in [0.3, 0.4) is 0 Å². The van der Waals surface area contributed by atoms with Gasteiger partial charge in [0, 0.05) is 43.3 Å². The van der Waals surface area contributed by atoms with E-state index in [1.807, 2.05) is 52.0 Å². The van der Waals surface area contributed by atoms with Gasteiger partial charge >= 0.3 is 5.97 Å². The molecule has 2 aliphatic rings. The SMILES string of the molecule is CCC=CC=C[C@H]1O[C@@](O)(C(C)C)C[C@@H](OC(=O)C=CC(=O)NC2C(=O)CCC2=O)[C@@H]1C. The Morgan fingerprint density at radius 1 is 1.22 bits per heavy atom. The van der Waals surface area contributed by atoms with Crippen LogP contribution in [-0.2, 0) is 28.7 Å². The fourth-order valence-electron chi connectivity index (χ4n) is 3.60. The maximum absolute atomic E-state index is 12.3. The zero-order chi connectivity index (χ0) is 23.9. The van der Waals surface area contributed by atoms with Crippen LogP contribution in [0.1, 0.15) is 53.4 Å². The van der Waals surface area contributed by atoms with Gasteiger partial charge in [-0.3, -0.25) is 14.4 Å². The van der Waals surface area contributed by atoms with E-state index < -0.39 is 35.9 Å². The Kier molecular flexibility index (Phi) is 9.09. The molecule has 1 aliphatic heterocycles. The second-order valence-corrected chi connectivity index (χ2v) is 8.55. The number of hydrogen-bond acceptors (Lipinski definition) is 7. The predicted octanol–water partition coefficient (Wildman–Crippen LogP) is 2.16. The second-order valence-electron chi connectivity index (χ2n) is 8.55. The first-order valence-corrected chi connectivity index (χ1v) is 11.1. The van der Waals surface area contributed by atoms with E-state index in [-0.39, 0.29) is 42.7 Å². The Morgan fingerprint density at radius 3 is 2.47 bits per heavy atom. The molecule has 4 atom stereocenters. The van der Waals surface area contributed by atoms with Crippen LogP contribution in [0.25, 0.3) is 0 Å². The third-order valence-electron chi connectivity index (χ3n) is 5.81. The number of ether oxygens (including phenoxy) is 2. The van der Waals surface area contributed by atoms with Gasteiger partial charge in [-0.25, -0.2) is 4.79 Å².